The van der Waals surface area contributed by atoms with Crippen LogP contribution in [0.4, 0.5) is 0 Å². The molecule has 84 valence electrons. The first-order chi connectivity index (χ1) is 7.11. The molecule has 0 radical (unpaired) electrons. The topological polar surface area (TPSA) is 50.1 Å². The smallest absolute Gasteiger partial charge is 0.348 e. The lowest BCUT2D eigenvalue weighted by molar-refractivity contribution is -0.143. The molecule has 15 heavy (non-hydrogen) atoms. The van der Waals surface area contributed by atoms with Gasteiger partial charge in [-0.2, -0.15) is 5.26 Å². The third-order valence-corrected chi connectivity index (χ3v) is 2.15. The van der Waals surface area contributed by atoms with Gasteiger partial charge < -0.3 is 4.74 Å². The Balaban J connectivity index is 3.65. The highest BCUT2D eigenvalue weighted by atomic mass is 16.5. The summed E-state index contributed by atoms with van der Waals surface area (Å²) in [6.45, 7) is 7.30. The highest BCUT2D eigenvalue weighted by Gasteiger charge is 2.11. The van der Waals surface area contributed by atoms with Crippen LogP contribution < -0.4 is 0 Å². The van der Waals surface area contributed by atoms with Crippen molar-refractivity contribution in [3.63, 3.8) is 0 Å². The second-order valence-corrected chi connectivity index (χ2v) is 3.66. The number of carbonyl (C=O) groups is 1. The van der Waals surface area contributed by atoms with Crippen LogP contribution in [0.15, 0.2) is 12.2 Å². The monoisotopic (exact) mass is 209 g/mol. The standard InChI is InChI=1S/C12H19NO2/c1-4-5-6-7-8-11(3)15-12(14)10(2)9-13/h11H,2,4-8H2,1,3H3/t11-/m1/s1. The van der Waals surface area contributed by atoms with Crippen LogP contribution in [0.3, 0.4) is 0 Å². The van der Waals surface area contributed by atoms with E-state index >= 15 is 0 Å². The number of esters is 1. The first kappa shape index (κ1) is 13.7. The Kier molecular flexibility index (Phi) is 7.35. The van der Waals surface area contributed by atoms with Crippen molar-refractivity contribution in [1.29, 1.82) is 5.26 Å². The maximum Gasteiger partial charge on any atom is 0.348 e. The number of rotatable bonds is 7. The van der Waals surface area contributed by atoms with Gasteiger partial charge in [0.1, 0.15) is 11.6 Å². The van der Waals surface area contributed by atoms with Gasteiger partial charge in [0.15, 0.2) is 0 Å². The summed E-state index contributed by atoms with van der Waals surface area (Å²) in [5.41, 5.74) is -0.129. The third-order valence-electron chi connectivity index (χ3n) is 2.15. The van der Waals surface area contributed by atoms with Gasteiger partial charge in [0, 0.05) is 0 Å². The van der Waals surface area contributed by atoms with Crippen LogP contribution >= 0.6 is 0 Å². The molecule has 0 heterocycles. The van der Waals surface area contributed by atoms with E-state index in [4.69, 9.17) is 10.00 Å². The summed E-state index contributed by atoms with van der Waals surface area (Å²) in [7, 11) is 0. The molecule has 0 aliphatic heterocycles. The molecular weight excluding hydrogens is 190 g/mol. The molecule has 0 aliphatic carbocycles. The zero-order chi connectivity index (χ0) is 11.7. The van der Waals surface area contributed by atoms with Gasteiger partial charge in [-0.05, 0) is 19.8 Å². The molecule has 0 amide bonds. The Bertz CT molecular complexity index is 253. The van der Waals surface area contributed by atoms with Crippen molar-refractivity contribution in [2.75, 3.05) is 0 Å². The molecule has 0 unspecified atom stereocenters. The average molecular weight is 209 g/mol. The number of hydrogen-bond acceptors (Lipinski definition) is 3. The van der Waals surface area contributed by atoms with Crippen molar-refractivity contribution < 1.29 is 9.53 Å². The Hall–Kier alpha value is -1.30. The van der Waals surface area contributed by atoms with Crippen molar-refractivity contribution in [1.82, 2.24) is 0 Å². The number of hydrogen-bond donors (Lipinski definition) is 0. The van der Waals surface area contributed by atoms with E-state index < -0.39 is 5.97 Å². The number of nitriles is 1. The summed E-state index contributed by atoms with van der Waals surface area (Å²) in [6, 6.07) is 1.68. The van der Waals surface area contributed by atoms with Crippen molar-refractivity contribution in [3.8, 4) is 6.07 Å². The normalized spacial score (nSPS) is 11.5. The number of carbonyl (C=O) groups excluding carboxylic acids is 1. The molecule has 0 aromatic rings. The number of unbranched alkanes of at least 4 members (excludes halogenated alkanes) is 3. The molecule has 0 spiro atoms. The minimum Gasteiger partial charge on any atom is -0.459 e. The molecule has 0 rings (SSSR count). The molecule has 0 aliphatic rings. The zero-order valence-corrected chi connectivity index (χ0v) is 9.58. The van der Waals surface area contributed by atoms with Crippen molar-refractivity contribution in [2.24, 2.45) is 0 Å². The van der Waals surface area contributed by atoms with Gasteiger partial charge in [-0.3, -0.25) is 0 Å². The average Bonchev–Trinajstić information content (AvgIpc) is 2.23. The van der Waals surface area contributed by atoms with Crippen molar-refractivity contribution >= 4 is 5.97 Å². The van der Waals surface area contributed by atoms with E-state index in [0.29, 0.717) is 0 Å². The molecule has 0 saturated heterocycles. The van der Waals surface area contributed by atoms with Gasteiger partial charge >= 0.3 is 5.97 Å². The SMILES string of the molecule is C=C(C#N)C(=O)O[C@H](C)CCCCCC. The lowest BCUT2D eigenvalue weighted by Gasteiger charge is -2.11. The largest absolute Gasteiger partial charge is 0.459 e. The lowest BCUT2D eigenvalue weighted by atomic mass is 10.1. The van der Waals surface area contributed by atoms with Crippen LogP contribution in [-0.4, -0.2) is 12.1 Å². The van der Waals surface area contributed by atoms with E-state index in [1.807, 2.05) is 6.92 Å². The second-order valence-electron chi connectivity index (χ2n) is 3.66. The van der Waals surface area contributed by atoms with Crippen molar-refractivity contribution in [2.45, 2.75) is 52.1 Å². The van der Waals surface area contributed by atoms with E-state index in [1.54, 1.807) is 6.07 Å². The van der Waals surface area contributed by atoms with E-state index in [9.17, 15) is 4.79 Å². The summed E-state index contributed by atoms with van der Waals surface area (Å²) < 4.78 is 5.02. The van der Waals surface area contributed by atoms with Crippen LogP contribution in [-0.2, 0) is 9.53 Å². The van der Waals surface area contributed by atoms with E-state index in [-0.39, 0.29) is 11.7 Å². The Morgan fingerprint density at radius 3 is 2.67 bits per heavy atom. The molecule has 0 aromatic heterocycles. The minimum atomic E-state index is -0.597. The van der Waals surface area contributed by atoms with E-state index in [0.717, 1.165) is 19.3 Å². The molecule has 0 N–H and O–H groups in total. The minimum absolute atomic E-state index is 0.126. The summed E-state index contributed by atoms with van der Waals surface area (Å²) in [6.07, 6.45) is 5.35. The van der Waals surface area contributed by atoms with Crippen molar-refractivity contribution in [3.05, 3.63) is 12.2 Å². The molecular formula is C12H19NO2. The summed E-state index contributed by atoms with van der Waals surface area (Å²) >= 11 is 0. The van der Waals surface area contributed by atoms with Gasteiger partial charge in [-0.25, -0.2) is 4.79 Å². The second kappa shape index (κ2) is 8.05. The first-order valence-electron chi connectivity index (χ1n) is 5.41. The molecule has 0 aromatic carbocycles. The predicted molar refractivity (Wildman–Crippen MR) is 59.1 cm³/mol. The molecule has 3 nitrogen and oxygen atoms in total. The maximum absolute atomic E-state index is 11.1. The van der Waals surface area contributed by atoms with E-state index in [1.165, 1.54) is 12.8 Å². The van der Waals surface area contributed by atoms with Crippen LogP contribution in [0.1, 0.15) is 46.0 Å². The Morgan fingerprint density at radius 2 is 2.13 bits per heavy atom. The highest BCUT2D eigenvalue weighted by molar-refractivity contribution is 5.91. The fourth-order valence-corrected chi connectivity index (χ4v) is 1.22. The van der Waals surface area contributed by atoms with Gasteiger partial charge in [0.05, 0.1) is 6.10 Å². The quantitative estimate of drug-likeness (QED) is 0.280. The highest BCUT2D eigenvalue weighted by Crippen LogP contribution is 2.09. The molecule has 0 fully saturated rings. The number of nitrogens with zero attached hydrogens (tertiary/aromatic N) is 1. The van der Waals surface area contributed by atoms with Crippen LogP contribution in [0, 0.1) is 11.3 Å². The van der Waals surface area contributed by atoms with Gasteiger partial charge in [-0.1, -0.05) is 32.8 Å². The molecule has 1 atom stereocenters. The molecule has 0 saturated carbocycles. The van der Waals surface area contributed by atoms with Gasteiger partial charge in [0.2, 0.25) is 0 Å². The fourth-order valence-electron chi connectivity index (χ4n) is 1.22. The predicted octanol–water partition coefficient (Wildman–Crippen LogP) is 2.97. The Morgan fingerprint density at radius 1 is 1.47 bits per heavy atom. The number of ether oxygens (including phenoxy) is 1. The molecule has 3 heteroatoms. The van der Waals surface area contributed by atoms with Crippen LogP contribution in [0.2, 0.25) is 0 Å². The Labute approximate surface area is 91.7 Å². The van der Waals surface area contributed by atoms with Gasteiger partial charge in [-0.15, -0.1) is 0 Å². The zero-order valence-electron chi connectivity index (χ0n) is 9.58. The van der Waals surface area contributed by atoms with Crippen LogP contribution in [0.5, 0.6) is 0 Å². The first-order valence-corrected chi connectivity index (χ1v) is 5.41. The lowest BCUT2D eigenvalue weighted by Crippen LogP contribution is -2.15. The van der Waals surface area contributed by atoms with E-state index in [2.05, 4.69) is 13.5 Å². The summed E-state index contributed by atoms with van der Waals surface area (Å²) in [5.74, 6) is -0.597. The van der Waals surface area contributed by atoms with Gasteiger partial charge in [0.25, 0.3) is 0 Å². The third kappa shape index (κ3) is 6.73. The van der Waals surface area contributed by atoms with Crippen LogP contribution in [0.25, 0.3) is 0 Å². The maximum atomic E-state index is 11.1. The summed E-state index contributed by atoms with van der Waals surface area (Å²) in [5, 5.41) is 8.41. The summed E-state index contributed by atoms with van der Waals surface area (Å²) in [4.78, 5) is 11.1. The molecule has 0 bridgehead atoms. The fraction of sp³-hybridized carbons (Fsp3) is 0.667.